The van der Waals surface area contributed by atoms with Crippen molar-refractivity contribution in [2.75, 3.05) is 0 Å². The third-order valence-corrected chi connectivity index (χ3v) is 4.68. The number of carbonyl (C=O) groups excluding carboxylic acids is 2. The molecule has 0 amide bonds. The number of tetrazole rings is 1. The summed E-state index contributed by atoms with van der Waals surface area (Å²) in [5.41, 5.74) is 0.805. The highest BCUT2D eigenvalue weighted by Gasteiger charge is 2.19. The Morgan fingerprint density at radius 2 is 1.63 bits per heavy atom. The van der Waals surface area contributed by atoms with E-state index >= 15 is 0 Å². The van der Waals surface area contributed by atoms with Crippen LogP contribution in [0.15, 0.2) is 78.9 Å². The van der Waals surface area contributed by atoms with Crippen LogP contribution in [0.3, 0.4) is 0 Å². The number of aromatic nitrogens is 4. The molecule has 35 heavy (non-hydrogen) atoms. The minimum Gasteiger partial charge on any atom is -0.439 e. The highest BCUT2D eigenvalue weighted by atomic mass is 16.7. The average Bonchev–Trinajstić information content (AvgIpc) is 3.30. The fourth-order valence-electron chi connectivity index (χ4n) is 2.99. The van der Waals surface area contributed by atoms with E-state index in [4.69, 9.17) is 14.2 Å². The molecule has 0 saturated carbocycles. The molecular formula is C23H17N5O7. The van der Waals surface area contributed by atoms with Crippen molar-refractivity contribution in [2.45, 2.75) is 13.2 Å². The van der Waals surface area contributed by atoms with Crippen molar-refractivity contribution in [1.82, 2.24) is 20.2 Å². The first-order valence-corrected chi connectivity index (χ1v) is 10.2. The topological polar surface area (TPSA) is 149 Å². The number of benzene rings is 3. The normalized spacial score (nSPS) is 10.4. The molecule has 0 aliphatic heterocycles. The summed E-state index contributed by atoms with van der Waals surface area (Å²) in [6.45, 7) is -0.254. The van der Waals surface area contributed by atoms with E-state index in [1.54, 1.807) is 12.1 Å². The van der Waals surface area contributed by atoms with Crippen LogP contribution in [0, 0.1) is 10.1 Å². The largest absolute Gasteiger partial charge is 0.519 e. The fourth-order valence-corrected chi connectivity index (χ4v) is 2.99. The van der Waals surface area contributed by atoms with Gasteiger partial charge in [-0.1, -0.05) is 42.5 Å². The van der Waals surface area contributed by atoms with Crippen LogP contribution in [-0.2, 0) is 17.9 Å². The molecule has 176 valence electrons. The van der Waals surface area contributed by atoms with Gasteiger partial charge < -0.3 is 14.2 Å². The van der Waals surface area contributed by atoms with E-state index in [9.17, 15) is 19.7 Å². The molecule has 4 aromatic rings. The molecule has 1 heterocycles. The van der Waals surface area contributed by atoms with E-state index in [0.717, 1.165) is 5.56 Å². The standard InChI is InChI=1S/C23H17N5O7/c29-22(33-15-27-21(24-25-26-27)14-16-6-2-1-3-7-16)19-8-4-5-9-20(19)35-23(30)34-18-12-10-17(11-13-18)28(31)32/h1-13H,14-15H2. The second-order valence-corrected chi connectivity index (χ2v) is 7.02. The van der Waals surface area contributed by atoms with Gasteiger partial charge in [0.25, 0.3) is 5.69 Å². The molecule has 0 radical (unpaired) electrons. The smallest absolute Gasteiger partial charge is 0.439 e. The van der Waals surface area contributed by atoms with Gasteiger partial charge in [-0.2, -0.15) is 4.68 Å². The molecule has 4 rings (SSSR count). The molecule has 0 saturated heterocycles. The summed E-state index contributed by atoms with van der Waals surface area (Å²) >= 11 is 0. The summed E-state index contributed by atoms with van der Waals surface area (Å²) in [5.74, 6) is -0.332. The van der Waals surface area contributed by atoms with Crippen LogP contribution in [-0.4, -0.2) is 37.3 Å². The van der Waals surface area contributed by atoms with E-state index in [2.05, 4.69) is 15.5 Å². The lowest BCUT2D eigenvalue weighted by atomic mass is 10.1. The summed E-state index contributed by atoms with van der Waals surface area (Å²) < 4.78 is 16.8. The number of hydrogen-bond acceptors (Lipinski definition) is 10. The Labute approximate surface area is 197 Å². The van der Waals surface area contributed by atoms with Crippen molar-refractivity contribution in [3.05, 3.63) is 106 Å². The van der Waals surface area contributed by atoms with E-state index in [-0.39, 0.29) is 29.5 Å². The van der Waals surface area contributed by atoms with Crippen LogP contribution >= 0.6 is 0 Å². The average molecular weight is 475 g/mol. The van der Waals surface area contributed by atoms with Crippen molar-refractivity contribution in [3.63, 3.8) is 0 Å². The molecule has 12 nitrogen and oxygen atoms in total. The molecule has 0 N–H and O–H groups in total. The minimum atomic E-state index is -1.13. The number of nitro groups is 1. The molecular weight excluding hydrogens is 458 g/mol. The van der Waals surface area contributed by atoms with Crippen molar-refractivity contribution in [2.24, 2.45) is 0 Å². The van der Waals surface area contributed by atoms with Gasteiger partial charge in [0.1, 0.15) is 17.1 Å². The number of hydrogen-bond donors (Lipinski definition) is 0. The van der Waals surface area contributed by atoms with Crippen LogP contribution in [0.4, 0.5) is 10.5 Å². The van der Waals surface area contributed by atoms with Gasteiger partial charge in [-0.15, -0.1) is 5.10 Å². The van der Waals surface area contributed by atoms with E-state index < -0.39 is 17.0 Å². The van der Waals surface area contributed by atoms with Crippen molar-refractivity contribution in [3.8, 4) is 11.5 Å². The highest BCUT2D eigenvalue weighted by Crippen LogP contribution is 2.22. The summed E-state index contributed by atoms with van der Waals surface area (Å²) in [6, 6.07) is 20.3. The predicted octanol–water partition coefficient (Wildman–Crippen LogP) is 3.56. The zero-order valence-electron chi connectivity index (χ0n) is 18.0. The van der Waals surface area contributed by atoms with Gasteiger partial charge in [0, 0.05) is 18.6 Å². The second kappa shape index (κ2) is 10.7. The maximum atomic E-state index is 12.7. The highest BCUT2D eigenvalue weighted by molar-refractivity contribution is 5.93. The molecule has 3 aromatic carbocycles. The number of esters is 1. The predicted molar refractivity (Wildman–Crippen MR) is 119 cm³/mol. The first-order chi connectivity index (χ1) is 17.0. The maximum Gasteiger partial charge on any atom is 0.519 e. The summed E-state index contributed by atoms with van der Waals surface area (Å²) in [5, 5.41) is 22.2. The van der Waals surface area contributed by atoms with Crippen LogP contribution in [0.25, 0.3) is 0 Å². The zero-order valence-corrected chi connectivity index (χ0v) is 18.0. The Bertz CT molecular complexity index is 1340. The van der Waals surface area contributed by atoms with Crippen LogP contribution in [0.2, 0.25) is 0 Å². The quantitative estimate of drug-likeness (QED) is 0.160. The molecule has 12 heteroatoms. The van der Waals surface area contributed by atoms with Gasteiger partial charge in [-0.3, -0.25) is 10.1 Å². The molecule has 0 bridgehead atoms. The van der Waals surface area contributed by atoms with Crippen molar-refractivity contribution < 1.29 is 28.7 Å². The summed E-state index contributed by atoms with van der Waals surface area (Å²) in [7, 11) is 0. The maximum absolute atomic E-state index is 12.7. The molecule has 1 aromatic heterocycles. The lowest BCUT2D eigenvalue weighted by molar-refractivity contribution is -0.384. The van der Waals surface area contributed by atoms with Crippen LogP contribution < -0.4 is 9.47 Å². The fraction of sp³-hybridized carbons (Fsp3) is 0.0870. The first-order valence-electron chi connectivity index (χ1n) is 10.2. The van der Waals surface area contributed by atoms with Gasteiger partial charge in [0.2, 0.25) is 0 Å². The van der Waals surface area contributed by atoms with E-state index in [1.807, 2.05) is 30.3 Å². The van der Waals surface area contributed by atoms with Gasteiger partial charge in [0.15, 0.2) is 12.6 Å². The summed E-state index contributed by atoms with van der Waals surface area (Å²) in [6.07, 6.45) is -0.690. The molecule has 0 unspecified atom stereocenters. The number of ether oxygens (including phenoxy) is 3. The lowest BCUT2D eigenvalue weighted by Gasteiger charge is -2.10. The Morgan fingerprint density at radius 1 is 0.914 bits per heavy atom. The number of carbonyl (C=O) groups is 2. The lowest BCUT2D eigenvalue weighted by Crippen LogP contribution is -2.18. The summed E-state index contributed by atoms with van der Waals surface area (Å²) in [4.78, 5) is 35.0. The van der Waals surface area contributed by atoms with Crippen LogP contribution in [0.5, 0.6) is 11.5 Å². The molecule has 0 aliphatic rings. The van der Waals surface area contributed by atoms with Gasteiger partial charge in [-0.05, 0) is 40.3 Å². The van der Waals surface area contributed by atoms with Crippen LogP contribution in [0.1, 0.15) is 21.7 Å². The number of rotatable bonds is 8. The van der Waals surface area contributed by atoms with Gasteiger partial charge in [-0.25, -0.2) is 9.59 Å². The van der Waals surface area contributed by atoms with E-state index in [0.29, 0.717) is 12.2 Å². The second-order valence-electron chi connectivity index (χ2n) is 7.02. The monoisotopic (exact) mass is 475 g/mol. The van der Waals surface area contributed by atoms with Gasteiger partial charge in [0.05, 0.1) is 4.92 Å². The Balaban J connectivity index is 1.38. The Kier molecular flexibility index (Phi) is 7.02. The Morgan fingerprint density at radius 3 is 2.37 bits per heavy atom. The SMILES string of the molecule is O=C(Oc1ccc([N+](=O)[O-])cc1)Oc1ccccc1C(=O)OCn1nnnc1Cc1ccccc1. The number of nitro benzene ring substituents is 1. The Hall–Kier alpha value is -5.13. The molecule has 0 fully saturated rings. The first kappa shape index (κ1) is 23.0. The third-order valence-electron chi connectivity index (χ3n) is 4.68. The van der Waals surface area contributed by atoms with Crippen molar-refractivity contribution in [1.29, 1.82) is 0 Å². The number of non-ortho nitro benzene ring substituents is 1. The minimum absolute atomic E-state index is 0.0224. The molecule has 0 atom stereocenters. The zero-order chi connectivity index (χ0) is 24.6. The number of para-hydroxylation sites is 1. The van der Waals surface area contributed by atoms with Crippen molar-refractivity contribution >= 4 is 17.8 Å². The number of nitrogens with zero attached hydrogens (tertiary/aromatic N) is 5. The molecule has 0 spiro atoms. The van der Waals surface area contributed by atoms with Gasteiger partial charge >= 0.3 is 12.1 Å². The molecule has 0 aliphatic carbocycles. The van der Waals surface area contributed by atoms with E-state index in [1.165, 1.54) is 41.1 Å². The third kappa shape index (κ3) is 6.01.